The normalized spacial score (nSPS) is 9.50. The molecule has 0 saturated carbocycles. The van der Waals surface area contributed by atoms with Crippen LogP contribution in [0.1, 0.15) is 17.3 Å². The number of rotatable bonds is 5. The molecule has 0 bridgehead atoms. The van der Waals surface area contributed by atoms with Gasteiger partial charge in [0.25, 0.3) is 0 Å². The van der Waals surface area contributed by atoms with Gasteiger partial charge in [0.1, 0.15) is 0 Å². The fourth-order valence-electron chi connectivity index (χ4n) is 1.43. The molecule has 0 radical (unpaired) electrons. The van der Waals surface area contributed by atoms with Gasteiger partial charge in [0.05, 0.1) is 19.2 Å². The molecule has 3 amide bonds. The fraction of sp³-hybridized carbons (Fsp3) is 0.308. The van der Waals surface area contributed by atoms with Crippen LogP contribution < -0.4 is 16.0 Å². The van der Waals surface area contributed by atoms with Crippen molar-refractivity contribution in [3.63, 3.8) is 0 Å². The standard InChI is InChI=1S/C13H17N3O4/c1-3-14-13(19)16-11(17)8-15-10-6-4-5-9(7-10)12(18)20-2/h4-7,15H,3,8H2,1-2H3,(H2,14,16,17,19). The maximum absolute atomic E-state index is 11.5. The highest BCUT2D eigenvalue weighted by molar-refractivity contribution is 5.96. The van der Waals surface area contributed by atoms with Crippen LogP contribution in [0.15, 0.2) is 24.3 Å². The molecule has 0 aromatic heterocycles. The number of ether oxygens (including phenoxy) is 1. The maximum atomic E-state index is 11.5. The summed E-state index contributed by atoms with van der Waals surface area (Å²) in [5.74, 6) is -0.931. The van der Waals surface area contributed by atoms with E-state index in [9.17, 15) is 14.4 Å². The summed E-state index contributed by atoms with van der Waals surface area (Å²) in [6, 6.07) is 5.99. The second-order valence-corrected chi connectivity index (χ2v) is 3.83. The molecule has 7 heteroatoms. The van der Waals surface area contributed by atoms with E-state index in [0.717, 1.165) is 0 Å². The molecule has 0 spiro atoms. The monoisotopic (exact) mass is 279 g/mol. The summed E-state index contributed by atoms with van der Waals surface area (Å²) in [5.41, 5.74) is 0.959. The summed E-state index contributed by atoms with van der Waals surface area (Å²) in [5, 5.41) is 7.41. The molecule has 108 valence electrons. The number of imide groups is 1. The molecule has 0 unspecified atom stereocenters. The SMILES string of the molecule is CCNC(=O)NC(=O)CNc1cccc(C(=O)OC)c1. The van der Waals surface area contributed by atoms with Crippen LogP contribution in [-0.2, 0) is 9.53 Å². The zero-order valence-electron chi connectivity index (χ0n) is 11.4. The van der Waals surface area contributed by atoms with E-state index in [4.69, 9.17) is 0 Å². The Hall–Kier alpha value is -2.57. The van der Waals surface area contributed by atoms with Crippen LogP contribution in [0.5, 0.6) is 0 Å². The Morgan fingerprint density at radius 2 is 2.00 bits per heavy atom. The lowest BCUT2D eigenvalue weighted by atomic mass is 10.2. The third-order valence-electron chi connectivity index (χ3n) is 2.33. The molecule has 0 heterocycles. The highest BCUT2D eigenvalue weighted by atomic mass is 16.5. The minimum atomic E-state index is -0.539. The first-order chi connectivity index (χ1) is 9.56. The molecule has 0 atom stereocenters. The van der Waals surface area contributed by atoms with Crippen molar-refractivity contribution in [3.05, 3.63) is 29.8 Å². The van der Waals surface area contributed by atoms with Crippen LogP contribution in [0, 0.1) is 0 Å². The molecule has 1 aromatic carbocycles. The van der Waals surface area contributed by atoms with Crippen molar-refractivity contribution in [2.45, 2.75) is 6.92 Å². The van der Waals surface area contributed by atoms with E-state index in [1.54, 1.807) is 31.2 Å². The third kappa shape index (κ3) is 4.97. The van der Waals surface area contributed by atoms with E-state index in [1.165, 1.54) is 7.11 Å². The number of hydrogen-bond donors (Lipinski definition) is 3. The third-order valence-corrected chi connectivity index (χ3v) is 2.33. The number of benzene rings is 1. The smallest absolute Gasteiger partial charge is 0.337 e. The van der Waals surface area contributed by atoms with Gasteiger partial charge in [-0.3, -0.25) is 10.1 Å². The van der Waals surface area contributed by atoms with Gasteiger partial charge in [-0.2, -0.15) is 0 Å². The van der Waals surface area contributed by atoms with E-state index < -0.39 is 17.9 Å². The van der Waals surface area contributed by atoms with Gasteiger partial charge in [0.2, 0.25) is 5.91 Å². The second-order valence-electron chi connectivity index (χ2n) is 3.83. The molecule has 0 aliphatic heterocycles. The molecular formula is C13H17N3O4. The van der Waals surface area contributed by atoms with Crippen LogP contribution in [0.25, 0.3) is 0 Å². The number of hydrogen-bond acceptors (Lipinski definition) is 5. The van der Waals surface area contributed by atoms with Crippen LogP contribution in [0.4, 0.5) is 10.5 Å². The summed E-state index contributed by atoms with van der Waals surface area (Å²) in [6.45, 7) is 2.11. The van der Waals surface area contributed by atoms with Crippen molar-refractivity contribution < 1.29 is 19.1 Å². The molecule has 0 fully saturated rings. The highest BCUT2D eigenvalue weighted by Crippen LogP contribution is 2.10. The maximum Gasteiger partial charge on any atom is 0.337 e. The zero-order chi connectivity index (χ0) is 15.0. The van der Waals surface area contributed by atoms with E-state index in [1.807, 2.05) is 0 Å². The van der Waals surface area contributed by atoms with Crippen molar-refractivity contribution in [3.8, 4) is 0 Å². The number of carbonyl (C=O) groups excluding carboxylic acids is 3. The zero-order valence-corrected chi connectivity index (χ0v) is 11.4. The summed E-state index contributed by atoms with van der Waals surface area (Å²) < 4.78 is 4.60. The lowest BCUT2D eigenvalue weighted by Crippen LogP contribution is -2.41. The number of urea groups is 1. The molecule has 20 heavy (non-hydrogen) atoms. The number of amides is 3. The molecule has 1 aromatic rings. The Bertz CT molecular complexity index is 502. The van der Waals surface area contributed by atoms with Gasteiger partial charge in [0.15, 0.2) is 0 Å². The number of nitrogens with one attached hydrogen (secondary N) is 3. The van der Waals surface area contributed by atoms with E-state index in [-0.39, 0.29) is 6.54 Å². The van der Waals surface area contributed by atoms with Gasteiger partial charge in [-0.1, -0.05) is 6.07 Å². The number of carbonyl (C=O) groups is 3. The average Bonchev–Trinajstić information content (AvgIpc) is 2.44. The molecule has 7 nitrogen and oxygen atoms in total. The van der Waals surface area contributed by atoms with Crippen molar-refractivity contribution >= 4 is 23.6 Å². The molecule has 1 rings (SSSR count). The number of methoxy groups -OCH3 is 1. The summed E-state index contributed by atoms with van der Waals surface area (Å²) >= 11 is 0. The Balaban J connectivity index is 2.51. The van der Waals surface area contributed by atoms with Gasteiger partial charge in [0, 0.05) is 12.2 Å². The Morgan fingerprint density at radius 1 is 1.25 bits per heavy atom. The predicted octanol–water partition coefficient (Wildman–Crippen LogP) is 0.731. The molecule has 0 saturated heterocycles. The Kier molecular flexibility index (Phi) is 6.02. The number of esters is 1. The first kappa shape index (κ1) is 15.5. The molecule has 0 aliphatic rings. The predicted molar refractivity (Wildman–Crippen MR) is 73.5 cm³/mol. The first-order valence-corrected chi connectivity index (χ1v) is 6.06. The lowest BCUT2D eigenvalue weighted by molar-refractivity contribution is -0.118. The van der Waals surface area contributed by atoms with Crippen LogP contribution in [-0.4, -0.2) is 38.1 Å². The largest absolute Gasteiger partial charge is 0.465 e. The molecule has 0 aliphatic carbocycles. The fourth-order valence-corrected chi connectivity index (χ4v) is 1.43. The highest BCUT2D eigenvalue weighted by Gasteiger charge is 2.08. The van der Waals surface area contributed by atoms with E-state index in [0.29, 0.717) is 17.8 Å². The van der Waals surface area contributed by atoms with Gasteiger partial charge in [-0.15, -0.1) is 0 Å². The van der Waals surface area contributed by atoms with E-state index in [2.05, 4.69) is 20.7 Å². The first-order valence-electron chi connectivity index (χ1n) is 6.06. The van der Waals surface area contributed by atoms with Crippen molar-refractivity contribution in [2.24, 2.45) is 0 Å². The number of anilines is 1. The van der Waals surface area contributed by atoms with E-state index >= 15 is 0 Å². The van der Waals surface area contributed by atoms with Gasteiger partial charge < -0.3 is 15.4 Å². The summed E-state index contributed by atoms with van der Waals surface area (Å²) in [6.07, 6.45) is 0. The topological polar surface area (TPSA) is 96.5 Å². The van der Waals surface area contributed by atoms with Crippen LogP contribution >= 0.6 is 0 Å². The molecular weight excluding hydrogens is 262 g/mol. The van der Waals surface area contributed by atoms with Gasteiger partial charge >= 0.3 is 12.0 Å². The summed E-state index contributed by atoms with van der Waals surface area (Å²) in [7, 11) is 1.29. The van der Waals surface area contributed by atoms with Gasteiger partial charge in [-0.25, -0.2) is 9.59 Å². The minimum Gasteiger partial charge on any atom is -0.465 e. The quantitative estimate of drug-likeness (QED) is 0.690. The average molecular weight is 279 g/mol. The Morgan fingerprint density at radius 3 is 2.65 bits per heavy atom. The van der Waals surface area contributed by atoms with Gasteiger partial charge in [-0.05, 0) is 25.1 Å². The summed E-state index contributed by atoms with van der Waals surface area (Å²) in [4.78, 5) is 33.9. The molecule has 3 N–H and O–H groups in total. The lowest BCUT2D eigenvalue weighted by Gasteiger charge is -2.08. The van der Waals surface area contributed by atoms with Crippen molar-refractivity contribution in [2.75, 3.05) is 25.5 Å². The van der Waals surface area contributed by atoms with Crippen molar-refractivity contribution in [1.82, 2.24) is 10.6 Å². The van der Waals surface area contributed by atoms with Crippen LogP contribution in [0.2, 0.25) is 0 Å². The van der Waals surface area contributed by atoms with Crippen molar-refractivity contribution in [1.29, 1.82) is 0 Å². The van der Waals surface area contributed by atoms with Crippen LogP contribution in [0.3, 0.4) is 0 Å². The minimum absolute atomic E-state index is 0.0816. The second kappa shape index (κ2) is 7.78. The Labute approximate surface area is 116 Å².